The van der Waals surface area contributed by atoms with Crippen LogP contribution in [-0.4, -0.2) is 115 Å². The van der Waals surface area contributed by atoms with E-state index in [9.17, 15) is 19.8 Å². The van der Waals surface area contributed by atoms with Crippen LogP contribution in [0.3, 0.4) is 0 Å². The Hall–Kier alpha value is -3.91. The lowest BCUT2D eigenvalue weighted by molar-refractivity contribution is -0.252. The molecule has 7 atom stereocenters. The highest BCUT2D eigenvalue weighted by Gasteiger charge is 2.65. The summed E-state index contributed by atoms with van der Waals surface area (Å²) in [5, 5.41) is 27.7. The molecular formula is C44H64N4O9. The maximum atomic E-state index is 14.2. The highest BCUT2D eigenvalue weighted by Crippen LogP contribution is 2.61. The third-order valence-electron chi connectivity index (χ3n) is 12.3. The van der Waals surface area contributed by atoms with Crippen molar-refractivity contribution in [1.29, 1.82) is 0 Å². The van der Waals surface area contributed by atoms with Gasteiger partial charge in [0, 0.05) is 70.6 Å². The van der Waals surface area contributed by atoms with Gasteiger partial charge in [0.2, 0.25) is 18.0 Å². The van der Waals surface area contributed by atoms with Gasteiger partial charge < -0.3 is 49.1 Å². The van der Waals surface area contributed by atoms with E-state index >= 15 is 0 Å². The topological polar surface area (TPSA) is 152 Å². The van der Waals surface area contributed by atoms with Gasteiger partial charge in [0.25, 0.3) is 0 Å². The number of likely N-dealkylation sites (N-methyl/N-ethyl adjacent to an activating group) is 1. The number of amides is 3. The minimum atomic E-state index is -1.35. The average Bonchev–Trinajstić information content (AvgIpc) is 3.65. The van der Waals surface area contributed by atoms with Gasteiger partial charge in [0.1, 0.15) is 24.1 Å². The first kappa shape index (κ1) is 42.7. The maximum Gasteiger partial charge on any atom is 0.317 e. The van der Waals surface area contributed by atoms with Crippen LogP contribution in [-0.2, 0) is 19.1 Å². The molecule has 314 valence electrons. The zero-order valence-electron chi connectivity index (χ0n) is 33.8. The summed E-state index contributed by atoms with van der Waals surface area (Å²) < 4.78 is 26.2. The number of aliphatic hydroxyl groups is 2. The quantitative estimate of drug-likeness (QED) is 0.0766. The van der Waals surface area contributed by atoms with Crippen LogP contribution in [0, 0.1) is 17.8 Å². The highest BCUT2D eigenvalue weighted by atomic mass is 16.8. The number of likely N-dealkylation sites (tertiary alicyclic amines) is 1. The van der Waals surface area contributed by atoms with Crippen molar-refractivity contribution in [3.8, 4) is 11.5 Å². The minimum absolute atomic E-state index is 0.100. The molecule has 57 heavy (non-hydrogen) atoms. The molecule has 3 N–H and O–H groups in total. The molecule has 2 aliphatic carbocycles. The van der Waals surface area contributed by atoms with Crippen LogP contribution in [0.4, 0.5) is 4.79 Å². The Morgan fingerprint density at radius 3 is 2.61 bits per heavy atom. The van der Waals surface area contributed by atoms with Crippen molar-refractivity contribution in [2.45, 2.75) is 108 Å². The van der Waals surface area contributed by atoms with Crippen molar-refractivity contribution in [2.24, 2.45) is 22.9 Å². The number of hydrogen-bond acceptors (Lipinski definition) is 10. The first-order chi connectivity index (χ1) is 27.8. The van der Waals surface area contributed by atoms with E-state index in [2.05, 4.69) is 30.6 Å². The molecule has 1 aromatic carbocycles. The lowest BCUT2D eigenvalue weighted by Gasteiger charge is -2.59. The van der Waals surface area contributed by atoms with Crippen LogP contribution < -0.4 is 14.8 Å². The molecule has 3 heterocycles. The fourth-order valence-electron chi connectivity index (χ4n) is 9.56. The number of ether oxygens (including phenoxy) is 4. The van der Waals surface area contributed by atoms with E-state index in [0.717, 1.165) is 74.8 Å². The lowest BCUT2D eigenvalue weighted by atomic mass is 9.55. The van der Waals surface area contributed by atoms with E-state index in [0.29, 0.717) is 69.9 Å². The molecule has 0 spiro atoms. The van der Waals surface area contributed by atoms with Gasteiger partial charge in [-0.15, -0.1) is 6.58 Å². The Kier molecular flexibility index (Phi) is 15.5. The molecule has 0 bridgehead atoms. The molecule has 1 aromatic rings. The van der Waals surface area contributed by atoms with Crippen molar-refractivity contribution in [2.75, 3.05) is 59.7 Å². The molecule has 1 saturated carbocycles. The van der Waals surface area contributed by atoms with E-state index < -0.39 is 24.0 Å². The molecule has 7 unspecified atom stereocenters. The molecular weight excluding hydrogens is 729 g/mol. The molecule has 3 amide bonds. The van der Waals surface area contributed by atoms with Crippen molar-refractivity contribution in [3.05, 3.63) is 60.7 Å². The number of benzene rings is 1. The molecule has 6 rings (SSSR count). The van der Waals surface area contributed by atoms with E-state index in [4.69, 9.17) is 28.9 Å². The van der Waals surface area contributed by atoms with Gasteiger partial charge in [-0.2, -0.15) is 0 Å². The maximum absolute atomic E-state index is 14.2. The first-order valence-electron chi connectivity index (χ1n) is 21.2. The number of aliphatic hydroxyl groups excluding tert-OH is 2. The van der Waals surface area contributed by atoms with Gasteiger partial charge in [0.05, 0.1) is 24.8 Å². The molecule has 2 saturated heterocycles. The summed E-state index contributed by atoms with van der Waals surface area (Å²) in [5.74, 6) is -0.179. The third kappa shape index (κ3) is 9.87. The Balaban J connectivity index is 1.45. The zero-order chi connectivity index (χ0) is 40.2. The van der Waals surface area contributed by atoms with E-state index in [1.165, 1.54) is 0 Å². The zero-order valence-corrected chi connectivity index (χ0v) is 33.8. The van der Waals surface area contributed by atoms with Crippen LogP contribution in [0.2, 0.25) is 0 Å². The summed E-state index contributed by atoms with van der Waals surface area (Å²) in [6.07, 6.45) is 15.1. The number of unbranched alkanes of at least 4 members (excludes halogenated alkanes) is 2. The fraction of sp³-hybridized carbons (Fsp3) is 0.659. The number of carbonyl (C=O) groups is 2. The van der Waals surface area contributed by atoms with E-state index in [1.807, 2.05) is 17.0 Å². The molecule has 13 heteroatoms. The van der Waals surface area contributed by atoms with Gasteiger partial charge >= 0.3 is 6.03 Å². The van der Waals surface area contributed by atoms with Crippen LogP contribution in [0.25, 0.3) is 0 Å². The summed E-state index contributed by atoms with van der Waals surface area (Å²) in [6, 6.07) is 4.98. The van der Waals surface area contributed by atoms with Crippen LogP contribution in [0.1, 0.15) is 95.0 Å². The largest absolute Gasteiger partial charge is 0.490 e. The van der Waals surface area contributed by atoms with Crippen LogP contribution in [0.5, 0.6) is 11.5 Å². The predicted molar refractivity (Wildman–Crippen MR) is 217 cm³/mol. The smallest absolute Gasteiger partial charge is 0.317 e. The Morgan fingerprint density at radius 1 is 1.09 bits per heavy atom. The summed E-state index contributed by atoms with van der Waals surface area (Å²) in [7, 11) is 1.78. The molecule has 0 radical (unpaired) electrons. The van der Waals surface area contributed by atoms with Crippen molar-refractivity contribution >= 4 is 17.6 Å². The van der Waals surface area contributed by atoms with E-state index in [-0.39, 0.29) is 49.5 Å². The summed E-state index contributed by atoms with van der Waals surface area (Å²) in [6.45, 7) is 11.0. The third-order valence-corrected chi connectivity index (χ3v) is 12.3. The Labute approximate surface area is 338 Å². The number of fused-ring (bicyclic) bond motifs is 2. The normalized spacial score (nSPS) is 28.5. The minimum Gasteiger partial charge on any atom is -0.490 e. The highest BCUT2D eigenvalue weighted by molar-refractivity contribution is 6.03. The molecule has 0 aromatic heterocycles. The second-order valence-corrected chi connectivity index (χ2v) is 16.0. The number of nitrogens with one attached hydrogen (secondary N) is 1. The van der Waals surface area contributed by atoms with Crippen molar-refractivity contribution < 1.29 is 43.6 Å². The van der Waals surface area contributed by atoms with E-state index in [1.54, 1.807) is 24.1 Å². The predicted octanol–water partition coefficient (Wildman–Crippen LogP) is 6.07. The second kappa shape index (κ2) is 20.7. The second-order valence-electron chi connectivity index (χ2n) is 16.0. The van der Waals surface area contributed by atoms with Gasteiger partial charge in [-0.25, -0.2) is 4.79 Å². The van der Waals surface area contributed by atoms with Gasteiger partial charge in [-0.05, 0) is 87.0 Å². The number of carbonyl (C=O) groups excluding carboxylic acids is 2. The molecule has 3 aliphatic heterocycles. The monoisotopic (exact) mass is 792 g/mol. The first-order valence-corrected chi connectivity index (χ1v) is 21.2. The standard InChI is InChI=1S/C44H64N4O9/c1-4-25-53-32-18-19-37-35(29-32)41-33(15-7-10-24-50)31(14-6-9-23-49)28-34-36(46-57-40-17-8-11-27-54-40)30-38(44(56-37,42(34)41)55-26-5-2)47(3)43(52)45-20-13-22-48-21-12-16-39(48)51/h4-5,18-19,28-29,31,33,38,40-42,49-50H,1-2,6-17,20-27,30H2,3H3,(H,45,52). The van der Waals surface area contributed by atoms with Crippen LogP contribution in [0.15, 0.2) is 60.3 Å². The number of oxime groups is 1. The number of rotatable bonds is 21. The Bertz CT molecular complexity index is 1590. The van der Waals surface area contributed by atoms with Crippen molar-refractivity contribution in [3.63, 3.8) is 0 Å². The summed E-state index contributed by atoms with van der Waals surface area (Å²) in [5.41, 5.74) is 2.68. The average molecular weight is 793 g/mol. The van der Waals surface area contributed by atoms with Crippen molar-refractivity contribution in [1.82, 2.24) is 15.1 Å². The lowest BCUT2D eigenvalue weighted by Crippen LogP contribution is -2.70. The summed E-state index contributed by atoms with van der Waals surface area (Å²) >= 11 is 0. The number of nitrogens with zero attached hydrogens (tertiary/aromatic N) is 3. The van der Waals surface area contributed by atoms with Gasteiger partial charge in [0.15, 0.2) is 0 Å². The molecule has 5 aliphatic rings. The number of urea groups is 1. The van der Waals surface area contributed by atoms with Gasteiger partial charge in [-0.1, -0.05) is 42.8 Å². The van der Waals surface area contributed by atoms with Gasteiger partial charge in [-0.3, -0.25) is 4.79 Å². The number of hydrogen-bond donors (Lipinski definition) is 3. The summed E-state index contributed by atoms with van der Waals surface area (Å²) in [4.78, 5) is 36.2. The SMILES string of the molecule is C=CCOc1ccc2c(c1)C1C(CCCCO)C(CCCCO)C=C3C(=NOC4CCCCO4)CC(N(C)C(=O)NCCCN4CCCC4=O)C(OCC=C)(O2)C31. The fourth-order valence-corrected chi connectivity index (χ4v) is 9.56. The molecule has 13 nitrogen and oxygen atoms in total. The molecule has 3 fully saturated rings. The number of allylic oxidation sites excluding steroid dienone is 1. The Morgan fingerprint density at radius 2 is 1.89 bits per heavy atom. The van der Waals surface area contributed by atoms with Crippen LogP contribution >= 0.6 is 0 Å².